The van der Waals surface area contributed by atoms with Gasteiger partial charge in [-0.05, 0) is 38.1 Å². The number of nitrogens with one attached hydrogen (secondary N) is 1. The third-order valence-corrected chi connectivity index (χ3v) is 3.29. The van der Waals surface area contributed by atoms with Crippen LogP contribution < -0.4 is 10.1 Å². The second-order valence-corrected chi connectivity index (χ2v) is 4.98. The molecule has 1 N–H and O–H groups in total. The molecular weight excluding hydrogens is 253 g/mol. The molecule has 3 heteroatoms. The summed E-state index contributed by atoms with van der Waals surface area (Å²) in [5.41, 5.74) is 4.25. The quantitative estimate of drug-likeness (QED) is 0.896. The molecule has 0 aromatic heterocycles. The third-order valence-electron chi connectivity index (χ3n) is 3.29. The second kappa shape index (κ2) is 6.53. The van der Waals surface area contributed by atoms with Gasteiger partial charge in [0.25, 0.3) is 0 Å². The van der Waals surface area contributed by atoms with Crippen molar-refractivity contribution in [3.05, 3.63) is 64.5 Å². The fourth-order valence-corrected chi connectivity index (χ4v) is 2.15. The van der Waals surface area contributed by atoms with Gasteiger partial charge in [-0.3, -0.25) is 0 Å². The number of hydrogen-bond acceptors (Lipinski definition) is 2. The highest BCUT2D eigenvalue weighted by Crippen LogP contribution is 2.24. The van der Waals surface area contributed by atoms with Crippen LogP contribution in [0.4, 0.5) is 4.39 Å². The minimum absolute atomic E-state index is 0.317. The number of ether oxygens (including phenoxy) is 1. The lowest BCUT2D eigenvalue weighted by Crippen LogP contribution is -2.09. The molecule has 0 aliphatic rings. The normalized spacial score (nSPS) is 10.6. The Labute approximate surface area is 119 Å². The van der Waals surface area contributed by atoms with Gasteiger partial charge in [-0.1, -0.05) is 35.9 Å². The number of aryl methyl sites for hydroxylation is 2. The van der Waals surface area contributed by atoms with Gasteiger partial charge in [-0.2, -0.15) is 0 Å². The highest BCUT2D eigenvalue weighted by atomic mass is 19.1. The van der Waals surface area contributed by atoms with Gasteiger partial charge in [-0.15, -0.1) is 0 Å². The molecule has 2 aromatic carbocycles. The molecule has 0 radical (unpaired) electrons. The summed E-state index contributed by atoms with van der Waals surface area (Å²) in [6.07, 6.45) is 0. The van der Waals surface area contributed by atoms with Gasteiger partial charge in [0.15, 0.2) is 11.6 Å². The number of rotatable bonds is 5. The van der Waals surface area contributed by atoms with Gasteiger partial charge >= 0.3 is 0 Å². The van der Waals surface area contributed by atoms with Crippen molar-refractivity contribution >= 4 is 0 Å². The number of hydrogen-bond donors (Lipinski definition) is 1. The highest BCUT2D eigenvalue weighted by molar-refractivity contribution is 5.36. The number of benzene rings is 2. The van der Waals surface area contributed by atoms with Gasteiger partial charge in [0, 0.05) is 12.1 Å². The molecule has 0 amide bonds. The zero-order valence-electron chi connectivity index (χ0n) is 12.2. The minimum Gasteiger partial charge on any atom is -0.485 e. The molecule has 0 bridgehead atoms. The van der Waals surface area contributed by atoms with Crippen molar-refractivity contribution in [3.63, 3.8) is 0 Å². The van der Waals surface area contributed by atoms with E-state index in [-0.39, 0.29) is 5.82 Å². The summed E-state index contributed by atoms with van der Waals surface area (Å²) < 4.78 is 19.6. The first kappa shape index (κ1) is 14.5. The van der Waals surface area contributed by atoms with Crippen LogP contribution in [0.25, 0.3) is 0 Å². The topological polar surface area (TPSA) is 21.3 Å². The van der Waals surface area contributed by atoms with Crippen LogP contribution in [0.15, 0.2) is 36.4 Å². The van der Waals surface area contributed by atoms with Gasteiger partial charge in [0.2, 0.25) is 0 Å². The first-order valence-electron chi connectivity index (χ1n) is 6.72. The van der Waals surface area contributed by atoms with E-state index >= 15 is 0 Å². The molecule has 0 spiro atoms. The summed E-state index contributed by atoms with van der Waals surface area (Å²) in [6, 6.07) is 11.2. The van der Waals surface area contributed by atoms with E-state index in [1.165, 1.54) is 11.6 Å². The van der Waals surface area contributed by atoms with E-state index in [2.05, 4.69) is 23.5 Å². The van der Waals surface area contributed by atoms with Crippen molar-refractivity contribution < 1.29 is 9.13 Å². The zero-order chi connectivity index (χ0) is 14.5. The van der Waals surface area contributed by atoms with E-state index in [9.17, 15) is 4.39 Å². The zero-order valence-corrected chi connectivity index (χ0v) is 12.2. The lowest BCUT2D eigenvalue weighted by Gasteiger charge is -2.14. The fourth-order valence-electron chi connectivity index (χ4n) is 2.15. The Morgan fingerprint density at radius 3 is 2.65 bits per heavy atom. The maximum absolute atomic E-state index is 13.9. The predicted molar refractivity (Wildman–Crippen MR) is 79.4 cm³/mol. The Balaban J connectivity index is 2.20. The summed E-state index contributed by atoms with van der Waals surface area (Å²) in [5, 5.41) is 3.02. The molecule has 0 heterocycles. The maximum atomic E-state index is 13.9. The Hall–Kier alpha value is -1.87. The molecule has 106 valence electrons. The van der Waals surface area contributed by atoms with Crippen molar-refractivity contribution in [2.75, 3.05) is 7.05 Å². The minimum atomic E-state index is -0.317. The summed E-state index contributed by atoms with van der Waals surface area (Å²) in [5.74, 6) is 0.0193. The summed E-state index contributed by atoms with van der Waals surface area (Å²) in [7, 11) is 1.83. The summed E-state index contributed by atoms with van der Waals surface area (Å²) in [4.78, 5) is 0. The van der Waals surface area contributed by atoms with Gasteiger partial charge in [0.05, 0.1) is 0 Å². The first-order valence-corrected chi connectivity index (χ1v) is 6.72. The van der Waals surface area contributed by atoms with Crippen LogP contribution in [0, 0.1) is 19.7 Å². The average molecular weight is 273 g/mol. The van der Waals surface area contributed by atoms with Gasteiger partial charge < -0.3 is 10.1 Å². The monoisotopic (exact) mass is 273 g/mol. The van der Waals surface area contributed by atoms with E-state index in [1.807, 2.05) is 27.0 Å². The summed E-state index contributed by atoms with van der Waals surface area (Å²) >= 11 is 0. The van der Waals surface area contributed by atoms with Gasteiger partial charge in [-0.25, -0.2) is 4.39 Å². The average Bonchev–Trinajstić information content (AvgIpc) is 2.42. The highest BCUT2D eigenvalue weighted by Gasteiger charge is 2.10. The van der Waals surface area contributed by atoms with Crippen molar-refractivity contribution in [1.82, 2.24) is 5.32 Å². The van der Waals surface area contributed by atoms with Crippen LogP contribution >= 0.6 is 0 Å². The molecule has 0 saturated carbocycles. The van der Waals surface area contributed by atoms with Crippen LogP contribution in [-0.2, 0) is 13.2 Å². The smallest absolute Gasteiger partial charge is 0.165 e. The molecule has 0 unspecified atom stereocenters. The SMILES string of the molecule is CNCc1cccc(F)c1OCc1cc(C)ccc1C. The standard InChI is InChI=1S/C17H20FNO/c1-12-7-8-13(2)15(9-12)11-20-17-14(10-19-3)5-4-6-16(17)18/h4-9,19H,10-11H2,1-3H3. The summed E-state index contributed by atoms with van der Waals surface area (Å²) in [6.45, 7) is 5.04. The van der Waals surface area contributed by atoms with Crippen molar-refractivity contribution in [2.45, 2.75) is 27.0 Å². The molecule has 2 aromatic rings. The predicted octanol–water partition coefficient (Wildman–Crippen LogP) is 3.74. The van der Waals surface area contributed by atoms with E-state index < -0.39 is 0 Å². The Morgan fingerprint density at radius 1 is 1.10 bits per heavy atom. The second-order valence-electron chi connectivity index (χ2n) is 4.98. The molecular formula is C17H20FNO. The van der Waals surface area contributed by atoms with E-state index in [1.54, 1.807) is 6.07 Å². The van der Waals surface area contributed by atoms with Crippen LogP contribution in [0.1, 0.15) is 22.3 Å². The van der Waals surface area contributed by atoms with E-state index in [0.29, 0.717) is 18.9 Å². The van der Waals surface area contributed by atoms with Crippen molar-refractivity contribution in [3.8, 4) is 5.75 Å². The van der Waals surface area contributed by atoms with Crippen LogP contribution in [-0.4, -0.2) is 7.05 Å². The molecule has 2 rings (SSSR count). The Morgan fingerprint density at radius 2 is 1.90 bits per heavy atom. The molecule has 20 heavy (non-hydrogen) atoms. The molecule has 0 aliphatic carbocycles. The van der Waals surface area contributed by atoms with E-state index in [4.69, 9.17) is 4.74 Å². The molecule has 0 saturated heterocycles. The Bertz CT molecular complexity index is 596. The van der Waals surface area contributed by atoms with Crippen molar-refractivity contribution in [2.24, 2.45) is 0 Å². The lowest BCUT2D eigenvalue weighted by atomic mass is 10.1. The molecule has 0 fully saturated rings. The maximum Gasteiger partial charge on any atom is 0.165 e. The number of para-hydroxylation sites is 1. The van der Waals surface area contributed by atoms with Crippen LogP contribution in [0.3, 0.4) is 0 Å². The number of halogens is 1. The fraction of sp³-hybridized carbons (Fsp3) is 0.294. The van der Waals surface area contributed by atoms with Gasteiger partial charge in [0.1, 0.15) is 6.61 Å². The Kier molecular flexibility index (Phi) is 4.74. The van der Waals surface area contributed by atoms with Crippen molar-refractivity contribution in [1.29, 1.82) is 0 Å². The van der Waals surface area contributed by atoms with Crippen LogP contribution in [0.2, 0.25) is 0 Å². The third kappa shape index (κ3) is 3.36. The first-order chi connectivity index (χ1) is 9.61. The molecule has 0 atom stereocenters. The molecule has 2 nitrogen and oxygen atoms in total. The lowest BCUT2D eigenvalue weighted by molar-refractivity contribution is 0.285. The van der Waals surface area contributed by atoms with Crippen LogP contribution in [0.5, 0.6) is 5.75 Å². The molecule has 0 aliphatic heterocycles. The largest absolute Gasteiger partial charge is 0.485 e. The van der Waals surface area contributed by atoms with E-state index in [0.717, 1.165) is 16.7 Å².